The van der Waals surface area contributed by atoms with Gasteiger partial charge < -0.3 is 10.4 Å². The first kappa shape index (κ1) is 20.2. The van der Waals surface area contributed by atoms with Crippen LogP contribution in [-0.2, 0) is 19.8 Å². The summed E-state index contributed by atoms with van der Waals surface area (Å²) >= 11 is 0. The molecule has 0 aromatic heterocycles. The van der Waals surface area contributed by atoms with Gasteiger partial charge in [-0.05, 0) is 57.6 Å². The smallest absolute Gasteiger partial charge is 0.303 e. The monoisotopic (exact) mass is 394 g/mol. The van der Waals surface area contributed by atoms with E-state index >= 15 is 4.39 Å². The van der Waals surface area contributed by atoms with E-state index < -0.39 is 47.4 Å². The lowest BCUT2D eigenvalue weighted by atomic mass is 9.84. The molecule has 1 fully saturated rings. The molecule has 8 heteroatoms. The summed E-state index contributed by atoms with van der Waals surface area (Å²) in [5.41, 5.74) is -1.15. The maximum Gasteiger partial charge on any atom is 0.303 e. The summed E-state index contributed by atoms with van der Waals surface area (Å²) in [7, 11) is 0. The molecule has 3 rings (SSSR count). The number of carboxylic acid groups (broad SMARTS) is 1. The number of carboxylic acids is 1. The van der Waals surface area contributed by atoms with Gasteiger partial charge in [0.15, 0.2) is 0 Å². The number of carbonyl (C=O) groups is 3. The van der Waals surface area contributed by atoms with Crippen LogP contribution in [0.3, 0.4) is 0 Å². The van der Waals surface area contributed by atoms with Gasteiger partial charge in [0.2, 0.25) is 11.8 Å². The van der Waals surface area contributed by atoms with Crippen molar-refractivity contribution in [3.63, 3.8) is 0 Å². The summed E-state index contributed by atoms with van der Waals surface area (Å²) in [5.74, 6) is -3.35. The number of halogens is 2. The van der Waals surface area contributed by atoms with Crippen LogP contribution in [0.25, 0.3) is 0 Å². The molecule has 6 nitrogen and oxygen atoms in total. The topological polar surface area (TPSA) is 86.7 Å². The highest BCUT2D eigenvalue weighted by Crippen LogP contribution is 2.50. The fourth-order valence-electron chi connectivity index (χ4n) is 3.73. The second-order valence-electron chi connectivity index (χ2n) is 8.18. The van der Waals surface area contributed by atoms with Gasteiger partial charge in [-0.3, -0.25) is 19.3 Å². The zero-order valence-corrected chi connectivity index (χ0v) is 16.1. The van der Waals surface area contributed by atoms with E-state index in [1.54, 1.807) is 6.92 Å². The van der Waals surface area contributed by atoms with Gasteiger partial charge >= 0.3 is 5.97 Å². The lowest BCUT2D eigenvalue weighted by Crippen LogP contribution is -2.45. The number of amides is 2. The van der Waals surface area contributed by atoms with Crippen molar-refractivity contribution in [3.8, 4) is 0 Å². The number of fused-ring (bicyclic) bond motifs is 1. The van der Waals surface area contributed by atoms with E-state index in [4.69, 9.17) is 5.11 Å². The average Bonchev–Trinajstić information content (AvgIpc) is 3.40. The molecule has 1 atom stereocenters. The summed E-state index contributed by atoms with van der Waals surface area (Å²) in [6.45, 7) is 4.25. The standard InChI is InChI=1S/C20H24F2N2O4/c1-10(4-7-15(26)27)23-14(25)9-24-18-13(21)8-12(11-5-6-11)17(22)16(18)20(2,3)19(24)28/h8,10-11H,4-7,9H2,1-3H3,(H,23,25)(H,26,27)/t10-/m1/s1. The van der Waals surface area contributed by atoms with Gasteiger partial charge in [0, 0.05) is 18.0 Å². The van der Waals surface area contributed by atoms with Crippen LogP contribution in [0.1, 0.15) is 63.5 Å². The molecule has 1 aromatic carbocycles. The van der Waals surface area contributed by atoms with Crippen LogP contribution in [0.5, 0.6) is 0 Å². The molecule has 152 valence electrons. The number of benzene rings is 1. The number of aliphatic carboxylic acids is 1. The molecule has 28 heavy (non-hydrogen) atoms. The highest BCUT2D eigenvalue weighted by molar-refractivity contribution is 6.10. The Bertz CT molecular complexity index is 849. The van der Waals surface area contributed by atoms with Gasteiger partial charge in [0.25, 0.3) is 0 Å². The van der Waals surface area contributed by atoms with E-state index in [-0.39, 0.29) is 30.0 Å². The average molecular weight is 394 g/mol. The Hall–Kier alpha value is -2.51. The van der Waals surface area contributed by atoms with Crippen molar-refractivity contribution in [1.29, 1.82) is 0 Å². The van der Waals surface area contributed by atoms with Crippen LogP contribution in [0, 0.1) is 11.6 Å². The number of nitrogens with zero attached hydrogens (tertiary/aromatic N) is 1. The maximum absolute atomic E-state index is 15.1. The molecule has 1 aliphatic carbocycles. The summed E-state index contributed by atoms with van der Waals surface area (Å²) < 4.78 is 30.0. The zero-order chi connectivity index (χ0) is 20.8. The Labute approximate surface area is 161 Å². The summed E-state index contributed by atoms with van der Waals surface area (Å²) in [6, 6.07) is 0.716. The van der Waals surface area contributed by atoms with Crippen molar-refractivity contribution in [1.82, 2.24) is 5.32 Å². The van der Waals surface area contributed by atoms with E-state index in [1.165, 1.54) is 13.8 Å². The molecule has 1 aliphatic heterocycles. The van der Waals surface area contributed by atoms with E-state index in [0.29, 0.717) is 5.56 Å². The molecular weight excluding hydrogens is 370 g/mol. The maximum atomic E-state index is 15.1. The van der Waals surface area contributed by atoms with Crippen LogP contribution in [0.15, 0.2) is 6.07 Å². The first-order chi connectivity index (χ1) is 13.0. The van der Waals surface area contributed by atoms with Crippen molar-refractivity contribution in [2.24, 2.45) is 0 Å². The van der Waals surface area contributed by atoms with Gasteiger partial charge in [0.05, 0.1) is 11.1 Å². The molecule has 1 saturated carbocycles. The SMILES string of the molecule is C[C@H](CCC(=O)O)NC(=O)CN1C(=O)C(C)(C)c2c(F)c(C3CC3)cc(F)c21. The molecule has 2 amide bonds. The van der Waals surface area contributed by atoms with Crippen LogP contribution < -0.4 is 10.2 Å². The first-order valence-electron chi connectivity index (χ1n) is 9.39. The minimum absolute atomic E-state index is 0.00567. The van der Waals surface area contributed by atoms with Crippen molar-refractivity contribution >= 4 is 23.5 Å². The Balaban J connectivity index is 1.84. The highest BCUT2D eigenvalue weighted by Gasteiger charge is 2.49. The van der Waals surface area contributed by atoms with Crippen LogP contribution in [-0.4, -0.2) is 35.5 Å². The fraction of sp³-hybridized carbons (Fsp3) is 0.550. The van der Waals surface area contributed by atoms with Crippen LogP contribution in [0.4, 0.5) is 14.5 Å². The minimum Gasteiger partial charge on any atom is -0.481 e. The molecule has 2 N–H and O–H groups in total. The quantitative estimate of drug-likeness (QED) is 0.745. The third-order valence-corrected chi connectivity index (χ3v) is 5.41. The summed E-state index contributed by atoms with van der Waals surface area (Å²) in [4.78, 5) is 36.8. The Morgan fingerprint density at radius 2 is 2.00 bits per heavy atom. The van der Waals surface area contributed by atoms with Crippen LogP contribution in [0.2, 0.25) is 0 Å². The predicted octanol–water partition coefficient (Wildman–Crippen LogP) is 2.84. The van der Waals surface area contributed by atoms with Crippen molar-refractivity contribution in [2.75, 3.05) is 11.4 Å². The minimum atomic E-state index is -1.28. The molecular formula is C20H24F2N2O4. The number of carbonyl (C=O) groups excluding carboxylic acids is 2. The second kappa shape index (κ2) is 7.14. The predicted molar refractivity (Wildman–Crippen MR) is 98.2 cm³/mol. The Kier molecular flexibility index (Phi) is 5.16. The molecule has 0 unspecified atom stereocenters. The number of hydrogen-bond donors (Lipinski definition) is 2. The van der Waals surface area contributed by atoms with Crippen molar-refractivity contribution < 1.29 is 28.3 Å². The third kappa shape index (κ3) is 3.59. The van der Waals surface area contributed by atoms with Gasteiger partial charge in [-0.1, -0.05) is 0 Å². The largest absolute Gasteiger partial charge is 0.481 e. The molecule has 1 heterocycles. The van der Waals surface area contributed by atoms with E-state index in [9.17, 15) is 18.8 Å². The number of anilines is 1. The zero-order valence-electron chi connectivity index (χ0n) is 16.1. The second-order valence-corrected chi connectivity index (χ2v) is 8.18. The number of hydrogen-bond acceptors (Lipinski definition) is 3. The molecule has 0 saturated heterocycles. The third-order valence-electron chi connectivity index (χ3n) is 5.41. The lowest BCUT2D eigenvalue weighted by molar-refractivity contribution is -0.137. The number of nitrogens with one attached hydrogen (secondary N) is 1. The normalized spacial score (nSPS) is 18.8. The van der Waals surface area contributed by atoms with Gasteiger partial charge in [-0.2, -0.15) is 0 Å². The van der Waals surface area contributed by atoms with Gasteiger partial charge in [0.1, 0.15) is 18.2 Å². The fourth-order valence-corrected chi connectivity index (χ4v) is 3.73. The summed E-state index contributed by atoms with van der Waals surface area (Å²) in [6.07, 6.45) is 1.71. The van der Waals surface area contributed by atoms with E-state index in [1.807, 2.05) is 0 Å². The molecule has 0 radical (unpaired) electrons. The van der Waals surface area contributed by atoms with E-state index in [2.05, 4.69) is 5.32 Å². The lowest BCUT2D eigenvalue weighted by Gasteiger charge is -2.21. The van der Waals surface area contributed by atoms with Crippen molar-refractivity contribution in [3.05, 3.63) is 28.8 Å². The van der Waals surface area contributed by atoms with Gasteiger partial charge in [-0.25, -0.2) is 8.78 Å². The van der Waals surface area contributed by atoms with E-state index in [0.717, 1.165) is 23.8 Å². The number of rotatable bonds is 7. The van der Waals surface area contributed by atoms with Crippen LogP contribution >= 0.6 is 0 Å². The molecule has 0 spiro atoms. The van der Waals surface area contributed by atoms with Crippen molar-refractivity contribution in [2.45, 2.75) is 63.8 Å². The van der Waals surface area contributed by atoms with Gasteiger partial charge in [-0.15, -0.1) is 0 Å². The Morgan fingerprint density at radius 1 is 1.36 bits per heavy atom. The first-order valence-corrected chi connectivity index (χ1v) is 9.39. The summed E-state index contributed by atoms with van der Waals surface area (Å²) in [5, 5.41) is 11.3. The molecule has 2 aliphatic rings. The molecule has 1 aromatic rings. The Morgan fingerprint density at radius 3 is 2.57 bits per heavy atom. The molecule has 0 bridgehead atoms. The highest BCUT2D eigenvalue weighted by atomic mass is 19.1.